The summed E-state index contributed by atoms with van der Waals surface area (Å²) in [5.41, 5.74) is 0.772. The second-order valence-corrected chi connectivity index (χ2v) is 9.63. The summed E-state index contributed by atoms with van der Waals surface area (Å²) in [6.45, 7) is 7.56. The van der Waals surface area contributed by atoms with Crippen LogP contribution < -0.4 is 10.6 Å². The highest BCUT2D eigenvalue weighted by Crippen LogP contribution is 2.32. The normalized spacial score (nSPS) is 20.3. The largest absolute Gasteiger partial charge is 0.333 e. The maximum atomic E-state index is 13.0. The van der Waals surface area contributed by atoms with Crippen LogP contribution in [0, 0.1) is 13.8 Å². The average molecular weight is 443 g/mol. The predicted molar refractivity (Wildman–Crippen MR) is 117 cm³/mol. The molecule has 4 amide bonds. The zero-order valence-corrected chi connectivity index (χ0v) is 18.9. The molecule has 0 saturated carbocycles. The van der Waals surface area contributed by atoms with Crippen LogP contribution in [0.1, 0.15) is 49.0 Å². The fourth-order valence-corrected chi connectivity index (χ4v) is 4.72. The van der Waals surface area contributed by atoms with Crippen LogP contribution in [0.15, 0.2) is 18.2 Å². The van der Waals surface area contributed by atoms with E-state index in [4.69, 9.17) is 4.98 Å². The average Bonchev–Trinajstić information content (AvgIpc) is 3.36. The number of carbonyl (C=O) groups is 3. The first-order valence-electron chi connectivity index (χ1n) is 10.3. The van der Waals surface area contributed by atoms with Gasteiger partial charge >= 0.3 is 6.03 Å². The maximum Gasteiger partial charge on any atom is 0.325 e. The van der Waals surface area contributed by atoms with Crippen molar-refractivity contribution >= 4 is 40.1 Å². The molecular formula is C21H26N6O3S. The van der Waals surface area contributed by atoms with Crippen molar-refractivity contribution in [1.29, 1.82) is 0 Å². The third-order valence-corrected chi connectivity index (χ3v) is 6.67. The van der Waals surface area contributed by atoms with Gasteiger partial charge in [-0.2, -0.15) is 0 Å². The molecule has 0 bridgehead atoms. The van der Waals surface area contributed by atoms with Gasteiger partial charge < -0.3 is 15.5 Å². The number of amides is 4. The minimum absolute atomic E-state index is 0.192. The van der Waals surface area contributed by atoms with Crippen LogP contribution >= 0.6 is 11.3 Å². The molecule has 31 heavy (non-hydrogen) atoms. The number of anilines is 2. The monoisotopic (exact) mass is 442 g/mol. The quantitative estimate of drug-likeness (QED) is 0.690. The van der Waals surface area contributed by atoms with Gasteiger partial charge in [-0.3, -0.25) is 14.5 Å². The third-order valence-electron chi connectivity index (χ3n) is 5.69. The van der Waals surface area contributed by atoms with Crippen molar-refractivity contribution in [2.75, 3.05) is 18.4 Å². The van der Waals surface area contributed by atoms with Crippen LogP contribution in [0.4, 0.5) is 15.7 Å². The van der Waals surface area contributed by atoms with E-state index in [2.05, 4.69) is 15.6 Å². The first-order chi connectivity index (χ1) is 14.7. The summed E-state index contributed by atoms with van der Waals surface area (Å²) in [5.74, 6) is 0.0244. The van der Waals surface area contributed by atoms with E-state index < -0.39 is 11.6 Å². The molecular weight excluding hydrogens is 416 g/mol. The van der Waals surface area contributed by atoms with Crippen molar-refractivity contribution in [1.82, 2.24) is 25.1 Å². The number of pyridine rings is 1. The fourth-order valence-electron chi connectivity index (χ4n) is 3.90. The minimum atomic E-state index is -0.990. The number of aromatic nitrogens is 2. The number of likely N-dealkylation sites (tertiary alicyclic amines) is 1. The Morgan fingerprint density at radius 3 is 2.71 bits per heavy atom. The SMILES string of the molecule is Cc1nc(Nc2cccc([C@H]3CCCN3C(=O)CN3C(=O)NC(C)(C)C3=O)n2)sc1C. The zero-order valence-electron chi connectivity index (χ0n) is 18.1. The molecule has 0 aromatic carbocycles. The summed E-state index contributed by atoms with van der Waals surface area (Å²) in [5, 5.41) is 6.63. The molecule has 2 aliphatic rings. The van der Waals surface area contributed by atoms with Gasteiger partial charge in [0.1, 0.15) is 17.9 Å². The van der Waals surface area contributed by atoms with Gasteiger partial charge in [0, 0.05) is 11.4 Å². The van der Waals surface area contributed by atoms with Crippen molar-refractivity contribution in [2.24, 2.45) is 0 Å². The highest BCUT2D eigenvalue weighted by molar-refractivity contribution is 7.15. The van der Waals surface area contributed by atoms with E-state index in [1.165, 1.54) is 0 Å². The first-order valence-corrected chi connectivity index (χ1v) is 11.1. The molecule has 2 N–H and O–H groups in total. The number of nitrogens with one attached hydrogen (secondary N) is 2. The molecule has 2 saturated heterocycles. The standard InChI is InChI=1S/C21H26N6O3S/c1-12-13(2)31-19(22-12)24-16-9-5-7-14(23-16)15-8-6-10-26(15)17(28)11-27-18(29)21(3,4)25-20(27)30/h5,7,9,15H,6,8,10-11H2,1-4H3,(H,25,30)(H,22,23,24)/t15-/m1/s1. The van der Waals surface area contributed by atoms with Gasteiger partial charge in [0.25, 0.3) is 5.91 Å². The van der Waals surface area contributed by atoms with Gasteiger partial charge in [-0.25, -0.2) is 14.8 Å². The number of aryl methyl sites for hydroxylation is 2. The predicted octanol–water partition coefficient (Wildman–Crippen LogP) is 2.89. The minimum Gasteiger partial charge on any atom is -0.333 e. The molecule has 2 fully saturated rings. The van der Waals surface area contributed by atoms with Gasteiger partial charge in [0.15, 0.2) is 5.13 Å². The van der Waals surface area contributed by atoms with Gasteiger partial charge in [-0.15, -0.1) is 11.3 Å². The number of rotatable bonds is 5. The number of thiazole rings is 1. The molecule has 2 aromatic rings. The van der Waals surface area contributed by atoms with Gasteiger partial charge in [0.05, 0.1) is 17.4 Å². The smallest absolute Gasteiger partial charge is 0.325 e. The number of carbonyl (C=O) groups excluding carboxylic acids is 3. The molecule has 0 unspecified atom stereocenters. The second kappa shape index (κ2) is 7.92. The molecule has 1 atom stereocenters. The van der Waals surface area contributed by atoms with Gasteiger partial charge in [-0.05, 0) is 52.7 Å². The van der Waals surface area contributed by atoms with E-state index in [-0.39, 0.29) is 24.4 Å². The third kappa shape index (κ3) is 4.12. The number of urea groups is 1. The molecule has 10 heteroatoms. The Labute approximate surface area is 184 Å². The van der Waals surface area contributed by atoms with E-state index in [1.807, 2.05) is 32.0 Å². The summed E-state index contributed by atoms with van der Waals surface area (Å²) in [6.07, 6.45) is 1.62. The maximum absolute atomic E-state index is 13.0. The van der Waals surface area contributed by atoms with Gasteiger partial charge in [-0.1, -0.05) is 6.07 Å². The Balaban J connectivity index is 1.49. The van der Waals surface area contributed by atoms with Crippen molar-refractivity contribution in [3.05, 3.63) is 34.5 Å². The van der Waals surface area contributed by atoms with E-state index in [1.54, 1.807) is 30.1 Å². The van der Waals surface area contributed by atoms with Gasteiger partial charge in [0.2, 0.25) is 5.91 Å². The Kier molecular flexibility index (Phi) is 5.42. The van der Waals surface area contributed by atoms with Crippen LogP contribution in [-0.4, -0.2) is 56.2 Å². The topological polar surface area (TPSA) is 108 Å². The lowest BCUT2D eigenvalue weighted by molar-refractivity contribution is -0.139. The molecule has 164 valence electrons. The highest BCUT2D eigenvalue weighted by atomic mass is 32.1. The van der Waals surface area contributed by atoms with Crippen LogP contribution in [0.5, 0.6) is 0 Å². The Morgan fingerprint density at radius 2 is 2.06 bits per heavy atom. The lowest BCUT2D eigenvalue weighted by Crippen LogP contribution is -2.44. The van der Waals surface area contributed by atoms with E-state index >= 15 is 0 Å². The van der Waals surface area contributed by atoms with Crippen LogP contribution in [0.25, 0.3) is 0 Å². The summed E-state index contributed by atoms with van der Waals surface area (Å²) >= 11 is 1.57. The van der Waals surface area contributed by atoms with E-state index in [0.29, 0.717) is 12.4 Å². The fraction of sp³-hybridized carbons (Fsp3) is 0.476. The molecule has 4 heterocycles. The summed E-state index contributed by atoms with van der Waals surface area (Å²) in [6, 6.07) is 4.95. The lowest BCUT2D eigenvalue weighted by Gasteiger charge is -2.26. The molecule has 2 aromatic heterocycles. The van der Waals surface area contributed by atoms with Crippen LogP contribution in [0.3, 0.4) is 0 Å². The summed E-state index contributed by atoms with van der Waals surface area (Å²) in [4.78, 5) is 50.6. The second-order valence-electron chi connectivity index (χ2n) is 8.42. The van der Waals surface area contributed by atoms with E-state index in [0.717, 1.165) is 39.1 Å². The molecule has 9 nitrogen and oxygen atoms in total. The Hall–Kier alpha value is -3.01. The zero-order chi connectivity index (χ0) is 22.3. The Bertz CT molecular complexity index is 1030. The van der Waals surface area contributed by atoms with Crippen molar-refractivity contribution in [3.8, 4) is 0 Å². The number of imide groups is 1. The van der Waals surface area contributed by atoms with Crippen molar-refractivity contribution in [3.63, 3.8) is 0 Å². The van der Waals surface area contributed by atoms with Crippen molar-refractivity contribution in [2.45, 2.75) is 52.1 Å². The number of nitrogens with zero attached hydrogens (tertiary/aromatic N) is 4. The van der Waals surface area contributed by atoms with Crippen LogP contribution in [-0.2, 0) is 9.59 Å². The molecule has 2 aliphatic heterocycles. The summed E-state index contributed by atoms with van der Waals surface area (Å²) < 4.78 is 0. The van der Waals surface area contributed by atoms with E-state index in [9.17, 15) is 14.4 Å². The first kappa shape index (κ1) is 21.2. The Morgan fingerprint density at radius 1 is 1.29 bits per heavy atom. The molecule has 0 radical (unpaired) electrons. The number of hydrogen-bond donors (Lipinski definition) is 2. The highest BCUT2D eigenvalue weighted by Gasteiger charge is 2.46. The lowest BCUT2D eigenvalue weighted by atomic mass is 10.1. The molecule has 0 aliphatic carbocycles. The van der Waals surface area contributed by atoms with Crippen LogP contribution in [0.2, 0.25) is 0 Å². The molecule has 0 spiro atoms. The molecule has 4 rings (SSSR count). The number of hydrogen-bond acceptors (Lipinski definition) is 7. The summed E-state index contributed by atoms with van der Waals surface area (Å²) in [7, 11) is 0. The van der Waals surface area contributed by atoms with Crippen molar-refractivity contribution < 1.29 is 14.4 Å².